The maximum absolute atomic E-state index is 11.1. The summed E-state index contributed by atoms with van der Waals surface area (Å²) in [5.74, 6) is -0.111. The van der Waals surface area contributed by atoms with Crippen molar-refractivity contribution < 1.29 is 24.5 Å². The molecule has 1 fully saturated rings. The predicted molar refractivity (Wildman–Crippen MR) is 132 cm³/mol. The first kappa shape index (κ1) is 27.6. The second-order valence-corrected chi connectivity index (χ2v) is 9.26. The molecule has 5 atom stereocenters. The van der Waals surface area contributed by atoms with Crippen LogP contribution in [0.3, 0.4) is 0 Å². The number of esters is 1. The summed E-state index contributed by atoms with van der Waals surface area (Å²) in [6, 6.07) is 8.07. The molecule has 0 bridgehead atoms. The third kappa shape index (κ3) is 10.0. The number of carbonyl (C=O) groups excluding carboxylic acids is 1. The molecule has 1 aliphatic carbocycles. The van der Waals surface area contributed by atoms with Gasteiger partial charge in [0.1, 0.15) is 0 Å². The van der Waals surface area contributed by atoms with Gasteiger partial charge >= 0.3 is 5.97 Å². The summed E-state index contributed by atoms with van der Waals surface area (Å²) in [4.78, 5) is 11.1. The Morgan fingerprint density at radius 3 is 2.82 bits per heavy atom. The van der Waals surface area contributed by atoms with Crippen molar-refractivity contribution in [3.05, 3.63) is 59.7 Å². The number of allylic oxidation sites excluding steroid dienone is 2. The Morgan fingerprint density at radius 1 is 1.27 bits per heavy atom. The van der Waals surface area contributed by atoms with Crippen molar-refractivity contribution >= 4 is 17.6 Å². The fourth-order valence-corrected chi connectivity index (χ4v) is 4.76. The Morgan fingerprint density at radius 2 is 2.06 bits per heavy atom. The first-order chi connectivity index (χ1) is 15.9. The zero-order valence-corrected chi connectivity index (χ0v) is 20.6. The molecule has 0 aromatic heterocycles. The molecule has 0 amide bonds. The normalized spacial score (nSPS) is 24.0. The van der Waals surface area contributed by atoms with Crippen LogP contribution in [0.25, 0.3) is 0 Å². The first-order valence-corrected chi connectivity index (χ1v) is 12.4. The lowest BCUT2D eigenvalue weighted by atomic mass is 9.90. The minimum Gasteiger partial charge on any atom is -0.469 e. The lowest BCUT2D eigenvalue weighted by Gasteiger charge is -2.19. The second-order valence-electron chi connectivity index (χ2n) is 8.70. The Hall–Kier alpha value is -1.66. The van der Waals surface area contributed by atoms with Crippen LogP contribution in [0, 0.1) is 11.8 Å². The number of aliphatic hydroxyl groups excluding tert-OH is 2. The van der Waals surface area contributed by atoms with Crippen molar-refractivity contribution in [2.75, 3.05) is 13.7 Å². The van der Waals surface area contributed by atoms with Gasteiger partial charge in [0.25, 0.3) is 0 Å². The van der Waals surface area contributed by atoms with Crippen LogP contribution in [-0.4, -0.2) is 47.5 Å². The minimum absolute atomic E-state index is 0.0737. The molecule has 1 aromatic carbocycles. The smallest absolute Gasteiger partial charge is 0.305 e. The van der Waals surface area contributed by atoms with Gasteiger partial charge in [-0.2, -0.15) is 0 Å². The highest BCUT2D eigenvalue weighted by atomic mass is 35.5. The van der Waals surface area contributed by atoms with Gasteiger partial charge in [-0.25, -0.2) is 0 Å². The van der Waals surface area contributed by atoms with E-state index in [9.17, 15) is 15.0 Å². The van der Waals surface area contributed by atoms with Crippen molar-refractivity contribution in [2.24, 2.45) is 11.8 Å². The van der Waals surface area contributed by atoms with E-state index < -0.39 is 12.2 Å². The van der Waals surface area contributed by atoms with Gasteiger partial charge < -0.3 is 19.7 Å². The van der Waals surface area contributed by atoms with Gasteiger partial charge in [-0.15, -0.1) is 11.6 Å². The summed E-state index contributed by atoms with van der Waals surface area (Å²) >= 11 is 6.53. The molecule has 1 saturated carbocycles. The molecule has 1 aliphatic rings. The van der Waals surface area contributed by atoms with E-state index in [2.05, 4.69) is 23.0 Å². The van der Waals surface area contributed by atoms with Crippen LogP contribution in [0.1, 0.15) is 56.6 Å². The molecule has 0 saturated heterocycles. The molecule has 5 nitrogen and oxygen atoms in total. The molecule has 1 aromatic rings. The van der Waals surface area contributed by atoms with Gasteiger partial charge in [0.2, 0.25) is 0 Å². The number of methoxy groups -OCH3 is 1. The molecule has 33 heavy (non-hydrogen) atoms. The van der Waals surface area contributed by atoms with Crippen molar-refractivity contribution in [3.63, 3.8) is 0 Å². The molecule has 0 radical (unpaired) electrons. The first-order valence-electron chi connectivity index (χ1n) is 12.0. The molecule has 0 aliphatic heterocycles. The summed E-state index contributed by atoms with van der Waals surface area (Å²) in [7, 11) is 1.41. The molecular formula is C27H39ClO5. The quantitative estimate of drug-likeness (QED) is 0.171. The van der Waals surface area contributed by atoms with Crippen LogP contribution in [0.2, 0.25) is 0 Å². The van der Waals surface area contributed by atoms with Gasteiger partial charge in [-0.3, -0.25) is 4.79 Å². The van der Waals surface area contributed by atoms with Crippen molar-refractivity contribution in [3.8, 4) is 0 Å². The number of carbonyl (C=O) groups is 1. The Bertz CT molecular complexity index is 763. The maximum atomic E-state index is 11.1. The van der Waals surface area contributed by atoms with E-state index in [4.69, 9.17) is 16.3 Å². The van der Waals surface area contributed by atoms with Gasteiger partial charge in [-0.1, -0.05) is 48.6 Å². The molecule has 2 N–H and O–H groups in total. The van der Waals surface area contributed by atoms with E-state index in [1.54, 1.807) is 6.08 Å². The van der Waals surface area contributed by atoms with E-state index in [-0.39, 0.29) is 23.2 Å². The van der Waals surface area contributed by atoms with E-state index in [0.717, 1.165) is 36.8 Å². The molecule has 2 rings (SSSR count). The Kier molecular flexibility index (Phi) is 12.8. The monoisotopic (exact) mass is 478 g/mol. The number of unbranched alkanes of at least 4 members (excludes halogenated alkanes) is 2. The Balaban J connectivity index is 1.84. The summed E-state index contributed by atoms with van der Waals surface area (Å²) in [5, 5.41) is 21.0. The van der Waals surface area contributed by atoms with E-state index in [1.165, 1.54) is 7.11 Å². The van der Waals surface area contributed by atoms with Crippen molar-refractivity contribution in [1.82, 2.24) is 0 Å². The van der Waals surface area contributed by atoms with Crippen LogP contribution in [0.15, 0.2) is 48.6 Å². The van der Waals surface area contributed by atoms with Crippen LogP contribution < -0.4 is 0 Å². The number of ether oxygens (including phenoxy) is 2. The Labute approximate surface area is 203 Å². The molecule has 0 unspecified atom stereocenters. The molecule has 0 spiro atoms. The van der Waals surface area contributed by atoms with Crippen LogP contribution in [-0.2, 0) is 27.3 Å². The highest BCUT2D eigenvalue weighted by Crippen LogP contribution is 2.39. The van der Waals surface area contributed by atoms with Gasteiger partial charge in [0.05, 0.1) is 25.9 Å². The number of hydrogen-bond acceptors (Lipinski definition) is 5. The molecule has 0 heterocycles. The highest BCUT2D eigenvalue weighted by molar-refractivity contribution is 6.21. The topological polar surface area (TPSA) is 76.0 Å². The van der Waals surface area contributed by atoms with E-state index in [1.807, 2.05) is 31.2 Å². The van der Waals surface area contributed by atoms with Crippen LogP contribution >= 0.6 is 11.6 Å². The van der Waals surface area contributed by atoms with Crippen LogP contribution in [0.4, 0.5) is 0 Å². The lowest BCUT2D eigenvalue weighted by Crippen LogP contribution is -2.19. The molecule has 184 valence electrons. The number of benzene rings is 1. The maximum Gasteiger partial charge on any atom is 0.305 e. The largest absolute Gasteiger partial charge is 0.469 e. The number of rotatable bonds is 14. The van der Waals surface area contributed by atoms with Gasteiger partial charge in [-0.05, 0) is 56.1 Å². The average Bonchev–Trinajstić information content (AvgIpc) is 3.07. The number of halogens is 1. The van der Waals surface area contributed by atoms with Gasteiger partial charge in [0.15, 0.2) is 0 Å². The van der Waals surface area contributed by atoms with Crippen molar-refractivity contribution in [1.29, 1.82) is 0 Å². The summed E-state index contributed by atoms with van der Waals surface area (Å²) < 4.78 is 10.1. The fraction of sp³-hybridized carbons (Fsp3) is 0.593. The highest BCUT2D eigenvalue weighted by Gasteiger charge is 2.39. The van der Waals surface area contributed by atoms with Crippen molar-refractivity contribution in [2.45, 2.75) is 76.1 Å². The number of hydrogen-bond donors (Lipinski definition) is 2. The minimum atomic E-state index is -0.625. The number of aliphatic hydroxyl groups is 2. The summed E-state index contributed by atoms with van der Waals surface area (Å²) in [5.41, 5.74) is 2.15. The third-order valence-electron chi connectivity index (χ3n) is 6.14. The van der Waals surface area contributed by atoms with Crippen LogP contribution in [0.5, 0.6) is 0 Å². The zero-order valence-electron chi connectivity index (χ0n) is 19.9. The fourth-order valence-electron chi connectivity index (χ4n) is 4.30. The average molecular weight is 479 g/mol. The SMILES string of the molecule is CCOCc1cccc(C[C@H](O)/C=C/[C@@H]2[C@@H](C/C=C\CCCCC(=O)OC)[C@H](Cl)C[C@H]2O)c1. The zero-order chi connectivity index (χ0) is 24.1. The number of alkyl halides is 1. The van der Waals surface area contributed by atoms with E-state index in [0.29, 0.717) is 32.5 Å². The molecular weight excluding hydrogens is 440 g/mol. The lowest BCUT2D eigenvalue weighted by molar-refractivity contribution is -0.140. The van der Waals surface area contributed by atoms with Gasteiger partial charge in [0, 0.05) is 30.7 Å². The molecule has 6 heteroatoms. The second kappa shape index (κ2) is 15.3. The summed E-state index contributed by atoms with van der Waals surface area (Å²) in [6.07, 6.45) is 11.8. The predicted octanol–water partition coefficient (Wildman–Crippen LogP) is 4.97. The third-order valence-corrected chi connectivity index (χ3v) is 6.64. The standard InChI is InChI=1S/C27H39ClO5/c1-3-33-19-21-11-9-10-20(16-21)17-22(29)14-15-24-23(25(28)18-26(24)30)12-7-5-4-6-8-13-27(31)32-2/h5,7,9-11,14-16,22-26,29-30H,3-4,6,8,12-13,17-19H2,1-2H3/b7-5-,15-14+/t22-,23-,24-,25-,26-/m1/s1. The summed E-state index contributed by atoms with van der Waals surface area (Å²) in [6.45, 7) is 3.22. The van der Waals surface area contributed by atoms with E-state index >= 15 is 0 Å².